The molecule has 4 heterocycles. The van der Waals surface area contributed by atoms with Crippen LogP contribution < -0.4 is 10.2 Å². The standard InChI is InChI=1S/C18H15N3O3S/c22-15(20-17-19-8-9-25-17)13-12-6-7-18(24-12)10-21(16(23)14(13)18)11-4-2-1-3-5-11/h1-9,12-14H,10H2,(H,19,20,22)/t12?,13?,14?,18-/m0/s1. The van der Waals surface area contributed by atoms with E-state index in [1.165, 1.54) is 11.3 Å². The fraction of sp³-hybridized carbons (Fsp3) is 0.278. The molecule has 2 amide bonds. The molecule has 1 aromatic carbocycles. The number of para-hydroxylation sites is 1. The van der Waals surface area contributed by atoms with Crippen LogP contribution in [-0.2, 0) is 14.3 Å². The number of thiazole rings is 1. The zero-order chi connectivity index (χ0) is 17.0. The van der Waals surface area contributed by atoms with E-state index in [2.05, 4.69) is 10.3 Å². The van der Waals surface area contributed by atoms with Crippen LogP contribution in [0.25, 0.3) is 0 Å². The van der Waals surface area contributed by atoms with Gasteiger partial charge < -0.3 is 15.0 Å². The summed E-state index contributed by atoms with van der Waals surface area (Å²) >= 11 is 1.35. The number of benzene rings is 1. The quantitative estimate of drug-likeness (QED) is 0.858. The van der Waals surface area contributed by atoms with Gasteiger partial charge in [-0.3, -0.25) is 9.59 Å². The number of rotatable bonds is 3. The van der Waals surface area contributed by atoms with Gasteiger partial charge >= 0.3 is 0 Å². The summed E-state index contributed by atoms with van der Waals surface area (Å²) in [6, 6.07) is 9.51. The third-order valence-corrected chi connectivity index (χ3v) is 5.82. The summed E-state index contributed by atoms with van der Waals surface area (Å²) in [5, 5.41) is 5.15. The van der Waals surface area contributed by atoms with Gasteiger partial charge in [-0.15, -0.1) is 11.3 Å². The molecule has 1 N–H and O–H groups in total. The Bertz CT molecular complexity index is 867. The minimum absolute atomic E-state index is 0.0580. The average Bonchev–Trinajstić information content (AvgIpc) is 3.38. The van der Waals surface area contributed by atoms with Gasteiger partial charge in [-0.05, 0) is 12.1 Å². The van der Waals surface area contributed by atoms with Crippen molar-refractivity contribution in [2.24, 2.45) is 11.8 Å². The summed E-state index contributed by atoms with van der Waals surface area (Å²) in [4.78, 5) is 31.7. The monoisotopic (exact) mass is 353 g/mol. The van der Waals surface area contributed by atoms with Crippen molar-refractivity contribution in [3.63, 3.8) is 0 Å². The van der Waals surface area contributed by atoms with Crippen molar-refractivity contribution < 1.29 is 14.3 Å². The number of nitrogens with one attached hydrogen (secondary N) is 1. The third kappa shape index (κ3) is 2.09. The molecular formula is C18H15N3O3S. The molecule has 3 aliphatic heterocycles. The van der Waals surface area contributed by atoms with Gasteiger partial charge in [-0.1, -0.05) is 30.4 Å². The normalized spacial score (nSPS) is 32.2. The summed E-state index contributed by atoms with van der Waals surface area (Å²) in [6.07, 6.45) is 5.14. The molecule has 6 nitrogen and oxygen atoms in total. The van der Waals surface area contributed by atoms with E-state index in [0.717, 1.165) is 5.69 Å². The number of fused-ring (bicyclic) bond motifs is 1. The average molecular weight is 353 g/mol. The summed E-state index contributed by atoms with van der Waals surface area (Å²) < 4.78 is 6.11. The van der Waals surface area contributed by atoms with Gasteiger partial charge in [0.25, 0.3) is 0 Å². The molecule has 25 heavy (non-hydrogen) atoms. The van der Waals surface area contributed by atoms with E-state index in [1.54, 1.807) is 16.5 Å². The molecule has 2 aromatic rings. The lowest BCUT2D eigenvalue weighted by Gasteiger charge is -2.22. The first-order chi connectivity index (χ1) is 12.2. The number of amides is 2. The van der Waals surface area contributed by atoms with Crippen molar-refractivity contribution in [2.45, 2.75) is 11.7 Å². The number of carbonyl (C=O) groups excluding carboxylic acids is 2. The molecule has 2 bridgehead atoms. The maximum Gasteiger partial charge on any atom is 0.234 e. The second-order valence-corrected chi connectivity index (χ2v) is 7.38. The second kappa shape index (κ2) is 5.24. The molecule has 2 saturated heterocycles. The Labute approximate surface area is 148 Å². The Balaban J connectivity index is 1.47. The van der Waals surface area contributed by atoms with Crippen molar-refractivity contribution in [1.29, 1.82) is 0 Å². The minimum atomic E-state index is -0.706. The zero-order valence-corrected chi connectivity index (χ0v) is 14.0. The van der Waals surface area contributed by atoms with Crippen LogP contribution in [0.3, 0.4) is 0 Å². The van der Waals surface area contributed by atoms with Crippen LogP contribution in [0.5, 0.6) is 0 Å². The van der Waals surface area contributed by atoms with Crippen molar-refractivity contribution in [3.8, 4) is 0 Å². The maximum atomic E-state index is 13.1. The number of anilines is 2. The van der Waals surface area contributed by atoms with Gasteiger partial charge in [0.15, 0.2) is 5.13 Å². The van der Waals surface area contributed by atoms with Crippen molar-refractivity contribution in [1.82, 2.24) is 4.98 Å². The smallest absolute Gasteiger partial charge is 0.234 e. The van der Waals surface area contributed by atoms with Crippen molar-refractivity contribution >= 4 is 34.0 Å². The van der Waals surface area contributed by atoms with Gasteiger partial charge in [-0.25, -0.2) is 4.98 Å². The largest absolute Gasteiger partial charge is 0.360 e. The Hall–Kier alpha value is -2.51. The lowest BCUT2D eigenvalue weighted by molar-refractivity contribution is -0.128. The fourth-order valence-corrected chi connectivity index (χ4v) is 4.63. The topological polar surface area (TPSA) is 71.5 Å². The van der Waals surface area contributed by atoms with Gasteiger partial charge in [-0.2, -0.15) is 0 Å². The van der Waals surface area contributed by atoms with Crippen molar-refractivity contribution in [3.05, 3.63) is 54.1 Å². The molecule has 3 unspecified atom stereocenters. The van der Waals surface area contributed by atoms with E-state index >= 15 is 0 Å². The minimum Gasteiger partial charge on any atom is -0.360 e. The summed E-state index contributed by atoms with van der Waals surface area (Å²) in [5.41, 5.74) is 0.124. The molecule has 0 aliphatic carbocycles. The molecule has 0 saturated carbocycles. The van der Waals surface area contributed by atoms with Crippen LogP contribution in [0.1, 0.15) is 0 Å². The molecule has 126 valence electrons. The van der Waals surface area contributed by atoms with Crippen LogP contribution in [0.4, 0.5) is 10.8 Å². The Morgan fingerprint density at radius 2 is 2.20 bits per heavy atom. The predicted octanol–water partition coefficient (Wildman–Crippen LogP) is 2.07. The van der Waals surface area contributed by atoms with E-state index in [4.69, 9.17) is 4.74 Å². The molecule has 4 atom stereocenters. The maximum absolute atomic E-state index is 13.1. The van der Waals surface area contributed by atoms with Gasteiger partial charge in [0.2, 0.25) is 11.8 Å². The summed E-state index contributed by atoms with van der Waals surface area (Å²) in [7, 11) is 0. The number of nitrogens with zero attached hydrogens (tertiary/aromatic N) is 2. The Kier molecular flexibility index (Phi) is 3.10. The molecule has 3 aliphatic rings. The molecule has 1 aromatic heterocycles. The molecule has 2 fully saturated rings. The predicted molar refractivity (Wildman–Crippen MR) is 93.3 cm³/mol. The van der Waals surface area contributed by atoms with Crippen LogP contribution in [0.2, 0.25) is 0 Å². The van der Waals surface area contributed by atoms with E-state index in [9.17, 15) is 9.59 Å². The number of carbonyl (C=O) groups is 2. The first-order valence-electron chi connectivity index (χ1n) is 8.12. The Morgan fingerprint density at radius 3 is 2.96 bits per heavy atom. The molecule has 1 spiro atoms. The SMILES string of the molecule is O=C(Nc1nccs1)C1C2C=C[C@@]3(CN(c4ccccc4)C(=O)C13)O2. The fourth-order valence-electron chi connectivity index (χ4n) is 4.10. The Morgan fingerprint density at radius 1 is 1.36 bits per heavy atom. The summed E-state index contributed by atoms with van der Waals surface area (Å²) in [5.74, 6) is -1.30. The molecular weight excluding hydrogens is 338 g/mol. The molecule has 5 rings (SSSR count). The van der Waals surface area contributed by atoms with E-state index in [0.29, 0.717) is 11.7 Å². The summed E-state index contributed by atoms with van der Waals surface area (Å²) in [6.45, 7) is 0.439. The zero-order valence-electron chi connectivity index (χ0n) is 13.2. The molecule has 7 heteroatoms. The number of ether oxygens (including phenoxy) is 1. The van der Waals surface area contributed by atoms with Crippen LogP contribution in [0.15, 0.2) is 54.1 Å². The highest BCUT2D eigenvalue weighted by molar-refractivity contribution is 7.13. The first-order valence-corrected chi connectivity index (χ1v) is 9.00. The van der Waals surface area contributed by atoms with Crippen LogP contribution in [0, 0.1) is 11.8 Å². The highest BCUT2D eigenvalue weighted by atomic mass is 32.1. The number of aromatic nitrogens is 1. The first kappa shape index (κ1) is 14.8. The third-order valence-electron chi connectivity index (χ3n) is 5.13. The van der Waals surface area contributed by atoms with Gasteiger partial charge in [0.1, 0.15) is 5.60 Å². The van der Waals surface area contributed by atoms with Gasteiger partial charge in [0.05, 0.1) is 24.5 Å². The molecule has 0 radical (unpaired) electrons. The van der Waals surface area contributed by atoms with E-state index in [1.807, 2.05) is 42.5 Å². The lowest BCUT2D eigenvalue weighted by atomic mass is 9.77. The van der Waals surface area contributed by atoms with Crippen LogP contribution in [-0.4, -0.2) is 35.0 Å². The van der Waals surface area contributed by atoms with E-state index in [-0.39, 0.29) is 17.9 Å². The lowest BCUT2D eigenvalue weighted by Crippen LogP contribution is -2.41. The highest BCUT2D eigenvalue weighted by Crippen LogP contribution is 2.52. The van der Waals surface area contributed by atoms with Gasteiger partial charge in [0, 0.05) is 17.3 Å². The number of hydrogen-bond acceptors (Lipinski definition) is 5. The van der Waals surface area contributed by atoms with Crippen molar-refractivity contribution in [2.75, 3.05) is 16.8 Å². The highest BCUT2D eigenvalue weighted by Gasteiger charge is 2.67. The van der Waals surface area contributed by atoms with Crippen LogP contribution >= 0.6 is 11.3 Å². The second-order valence-electron chi connectivity index (χ2n) is 6.49. The number of hydrogen-bond donors (Lipinski definition) is 1. The van der Waals surface area contributed by atoms with E-state index < -0.39 is 17.4 Å².